The van der Waals surface area contributed by atoms with Gasteiger partial charge in [0.15, 0.2) is 0 Å². The number of nitrogens with zero attached hydrogens (tertiary/aromatic N) is 1. The molecule has 1 unspecified atom stereocenters. The zero-order valence-electron chi connectivity index (χ0n) is 7.95. The van der Waals surface area contributed by atoms with Gasteiger partial charge in [-0.2, -0.15) is 0 Å². The Kier molecular flexibility index (Phi) is 3.88. The van der Waals surface area contributed by atoms with Gasteiger partial charge in [0.1, 0.15) is 10.6 Å². The molecule has 1 N–H and O–H groups in total. The summed E-state index contributed by atoms with van der Waals surface area (Å²) in [4.78, 5) is 15.1. The van der Waals surface area contributed by atoms with Crippen molar-refractivity contribution >= 4 is 27.6 Å². The van der Waals surface area contributed by atoms with Gasteiger partial charge in [-0.25, -0.2) is 9.78 Å². The van der Waals surface area contributed by atoms with Gasteiger partial charge in [0.05, 0.1) is 19.0 Å². The van der Waals surface area contributed by atoms with Gasteiger partial charge in [-0.05, 0) is 35.0 Å². The second-order valence-corrected chi connectivity index (χ2v) is 3.57. The summed E-state index contributed by atoms with van der Waals surface area (Å²) in [5.41, 5.74) is 0.783. The highest BCUT2D eigenvalue weighted by molar-refractivity contribution is 9.10. The second-order valence-electron chi connectivity index (χ2n) is 2.76. The number of carbonyl (C=O) groups is 1. The van der Waals surface area contributed by atoms with Crippen LogP contribution in [0.2, 0.25) is 0 Å². The number of halogens is 1. The normalized spacial score (nSPS) is 11.9. The van der Waals surface area contributed by atoms with Crippen LogP contribution in [0.3, 0.4) is 0 Å². The molecule has 0 aromatic carbocycles. The molecule has 14 heavy (non-hydrogen) atoms. The van der Waals surface area contributed by atoms with Gasteiger partial charge in [-0.15, -0.1) is 0 Å². The van der Waals surface area contributed by atoms with Gasteiger partial charge in [-0.3, -0.25) is 0 Å². The van der Waals surface area contributed by atoms with E-state index in [1.165, 1.54) is 7.11 Å². The molecule has 0 bridgehead atoms. The summed E-state index contributed by atoms with van der Waals surface area (Å²) >= 11 is 3.22. The Morgan fingerprint density at radius 1 is 1.64 bits per heavy atom. The Bertz CT molecular complexity index is 313. The van der Waals surface area contributed by atoms with Crippen LogP contribution >= 0.6 is 15.9 Å². The van der Waals surface area contributed by atoms with E-state index in [0.717, 1.165) is 10.3 Å². The number of esters is 1. The summed E-state index contributed by atoms with van der Waals surface area (Å²) in [7, 11) is 1.36. The molecule has 0 spiro atoms. The number of nitrogens with one attached hydrogen (secondary N) is 1. The van der Waals surface area contributed by atoms with Crippen molar-refractivity contribution in [2.45, 2.75) is 13.0 Å². The van der Waals surface area contributed by atoms with E-state index in [1.807, 2.05) is 6.07 Å². The van der Waals surface area contributed by atoms with Gasteiger partial charge in [0.2, 0.25) is 0 Å². The largest absolute Gasteiger partial charge is 0.467 e. The van der Waals surface area contributed by atoms with E-state index in [-0.39, 0.29) is 12.0 Å². The van der Waals surface area contributed by atoms with Crippen LogP contribution in [0.25, 0.3) is 0 Å². The van der Waals surface area contributed by atoms with E-state index in [9.17, 15) is 4.79 Å². The van der Waals surface area contributed by atoms with E-state index in [0.29, 0.717) is 0 Å². The number of rotatable bonds is 3. The maximum atomic E-state index is 11.1. The lowest BCUT2D eigenvalue weighted by molar-refractivity contribution is -0.141. The fourth-order valence-electron chi connectivity index (χ4n) is 0.947. The molecule has 0 radical (unpaired) electrons. The molecule has 1 atom stereocenters. The van der Waals surface area contributed by atoms with E-state index >= 15 is 0 Å². The third kappa shape index (κ3) is 2.99. The average molecular weight is 259 g/mol. The number of carbonyl (C=O) groups excluding carboxylic acids is 1. The van der Waals surface area contributed by atoms with E-state index < -0.39 is 0 Å². The first-order valence-electron chi connectivity index (χ1n) is 4.09. The molecule has 0 saturated carbocycles. The van der Waals surface area contributed by atoms with Gasteiger partial charge in [0.25, 0.3) is 0 Å². The number of aromatic nitrogens is 1. The Morgan fingerprint density at radius 2 is 2.36 bits per heavy atom. The fourth-order valence-corrected chi connectivity index (χ4v) is 1.18. The van der Waals surface area contributed by atoms with Gasteiger partial charge in [-0.1, -0.05) is 0 Å². The van der Waals surface area contributed by atoms with Gasteiger partial charge in [0, 0.05) is 0 Å². The molecule has 1 aromatic rings. The monoisotopic (exact) mass is 258 g/mol. The third-order valence-electron chi connectivity index (χ3n) is 1.67. The molecular weight excluding hydrogens is 248 g/mol. The first-order valence-corrected chi connectivity index (χ1v) is 4.88. The number of hydrogen-bond acceptors (Lipinski definition) is 4. The van der Waals surface area contributed by atoms with Crippen LogP contribution in [0.15, 0.2) is 22.9 Å². The topological polar surface area (TPSA) is 51.2 Å². The predicted octanol–water partition coefficient (Wildman–Crippen LogP) is 1.82. The van der Waals surface area contributed by atoms with E-state index in [2.05, 4.69) is 31.0 Å². The van der Waals surface area contributed by atoms with Gasteiger partial charge >= 0.3 is 5.97 Å². The second kappa shape index (κ2) is 4.95. The molecule has 1 rings (SSSR count). The lowest BCUT2D eigenvalue weighted by Crippen LogP contribution is -2.27. The Morgan fingerprint density at radius 3 is 2.86 bits per heavy atom. The molecule has 0 saturated heterocycles. The summed E-state index contributed by atoms with van der Waals surface area (Å²) in [6.45, 7) is 1.73. The molecule has 76 valence electrons. The number of pyridine rings is 1. The molecule has 4 nitrogen and oxygen atoms in total. The van der Waals surface area contributed by atoms with Crippen molar-refractivity contribution in [1.82, 2.24) is 4.98 Å². The quantitative estimate of drug-likeness (QED) is 0.664. The number of ether oxygens (including phenoxy) is 1. The predicted molar refractivity (Wildman–Crippen MR) is 57.0 cm³/mol. The summed E-state index contributed by atoms with van der Waals surface area (Å²) in [6, 6.07) is 3.26. The highest BCUT2D eigenvalue weighted by atomic mass is 79.9. The average Bonchev–Trinajstić information content (AvgIpc) is 2.20. The molecule has 0 aliphatic heterocycles. The van der Waals surface area contributed by atoms with Crippen molar-refractivity contribution < 1.29 is 9.53 Å². The van der Waals surface area contributed by atoms with E-state index in [1.54, 1.807) is 19.2 Å². The molecular formula is C9H11BrN2O2. The van der Waals surface area contributed by atoms with Crippen LogP contribution in [0, 0.1) is 0 Å². The first-order chi connectivity index (χ1) is 6.63. The maximum absolute atomic E-state index is 11.1. The zero-order valence-corrected chi connectivity index (χ0v) is 9.54. The molecule has 0 fully saturated rings. The Balaban J connectivity index is 2.60. The van der Waals surface area contributed by atoms with Crippen molar-refractivity contribution in [3.8, 4) is 0 Å². The summed E-state index contributed by atoms with van der Waals surface area (Å²) in [5.74, 6) is -0.298. The van der Waals surface area contributed by atoms with Crippen molar-refractivity contribution in [3.63, 3.8) is 0 Å². The smallest absolute Gasteiger partial charge is 0.327 e. The molecule has 1 aromatic heterocycles. The van der Waals surface area contributed by atoms with Crippen molar-refractivity contribution in [2.24, 2.45) is 0 Å². The Labute approximate surface area is 90.8 Å². The number of methoxy groups -OCH3 is 1. The van der Waals surface area contributed by atoms with Crippen LogP contribution in [0.1, 0.15) is 6.92 Å². The Hall–Kier alpha value is -1.10. The molecule has 1 heterocycles. The van der Waals surface area contributed by atoms with Crippen LogP contribution in [0.4, 0.5) is 5.69 Å². The fraction of sp³-hybridized carbons (Fsp3) is 0.333. The van der Waals surface area contributed by atoms with Gasteiger partial charge < -0.3 is 10.1 Å². The number of hydrogen-bond donors (Lipinski definition) is 1. The molecule has 0 amide bonds. The maximum Gasteiger partial charge on any atom is 0.327 e. The first kappa shape index (κ1) is 11.0. The van der Waals surface area contributed by atoms with Crippen LogP contribution in [-0.4, -0.2) is 24.1 Å². The van der Waals surface area contributed by atoms with Crippen molar-refractivity contribution in [3.05, 3.63) is 22.9 Å². The minimum Gasteiger partial charge on any atom is -0.467 e. The minimum atomic E-state index is -0.372. The van der Waals surface area contributed by atoms with Crippen LogP contribution in [0.5, 0.6) is 0 Å². The molecule has 5 heteroatoms. The molecule has 0 aliphatic carbocycles. The third-order valence-corrected chi connectivity index (χ3v) is 2.13. The molecule has 0 aliphatic rings. The van der Waals surface area contributed by atoms with Crippen molar-refractivity contribution in [2.75, 3.05) is 12.4 Å². The number of anilines is 1. The minimum absolute atomic E-state index is 0.298. The zero-order chi connectivity index (χ0) is 10.6. The lowest BCUT2D eigenvalue weighted by atomic mass is 10.3. The standard InChI is InChI=1S/C9H11BrN2O2/c1-6(9(13)14-2)12-7-3-4-8(10)11-5-7/h3-6,12H,1-2H3. The van der Waals surface area contributed by atoms with Crippen LogP contribution in [-0.2, 0) is 9.53 Å². The highest BCUT2D eigenvalue weighted by Crippen LogP contribution is 2.11. The summed E-state index contributed by atoms with van der Waals surface area (Å²) < 4.78 is 5.33. The lowest BCUT2D eigenvalue weighted by Gasteiger charge is -2.12. The van der Waals surface area contributed by atoms with E-state index in [4.69, 9.17) is 0 Å². The van der Waals surface area contributed by atoms with Crippen LogP contribution < -0.4 is 5.32 Å². The highest BCUT2D eigenvalue weighted by Gasteiger charge is 2.11. The van der Waals surface area contributed by atoms with Crippen molar-refractivity contribution in [1.29, 1.82) is 0 Å². The SMILES string of the molecule is COC(=O)C(C)Nc1ccc(Br)nc1. The summed E-state index contributed by atoms with van der Waals surface area (Å²) in [5, 5.41) is 2.96. The summed E-state index contributed by atoms with van der Waals surface area (Å²) in [6.07, 6.45) is 1.64.